The van der Waals surface area contributed by atoms with Gasteiger partial charge in [0.2, 0.25) is 0 Å². The molecule has 26 heavy (non-hydrogen) atoms. The Morgan fingerprint density at radius 1 is 1.08 bits per heavy atom. The maximum Gasteiger partial charge on any atom is 0.128 e. The Morgan fingerprint density at radius 3 is 2.42 bits per heavy atom. The number of halogens is 1. The van der Waals surface area contributed by atoms with E-state index in [9.17, 15) is 5.11 Å². The lowest BCUT2D eigenvalue weighted by Gasteiger charge is -2.36. The normalized spacial score (nSPS) is 16.0. The second kappa shape index (κ2) is 10.4. The molecule has 1 aliphatic rings. The molecular weight excluding hydrogens is 350 g/mol. The Hall–Kier alpha value is -1.82. The lowest BCUT2D eigenvalue weighted by atomic mass is 10.2. The molecule has 1 aliphatic heterocycles. The highest BCUT2D eigenvalue weighted by Gasteiger charge is 2.20. The molecule has 1 aromatic carbocycles. The number of rotatable bonds is 7. The quantitative estimate of drug-likeness (QED) is 0.803. The van der Waals surface area contributed by atoms with E-state index in [4.69, 9.17) is 4.74 Å². The van der Waals surface area contributed by atoms with Gasteiger partial charge in [-0.05, 0) is 36.2 Å². The van der Waals surface area contributed by atoms with Gasteiger partial charge in [0.25, 0.3) is 0 Å². The SMILES string of the molecule is CCc1ccc(OCC(O)CN2CCN(c3ccccn3)CC2)cc1.Cl. The van der Waals surface area contributed by atoms with E-state index in [2.05, 4.69) is 33.8 Å². The highest BCUT2D eigenvalue weighted by atomic mass is 35.5. The number of nitrogens with zero attached hydrogens (tertiary/aromatic N) is 3. The average Bonchev–Trinajstić information content (AvgIpc) is 2.68. The van der Waals surface area contributed by atoms with E-state index in [0.29, 0.717) is 13.2 Å². The van der Waals surface area contributed by atoms with Crippen LogP contribution in [0.1, 0.15) is 12.5 Å². The number of hydrogen-bond acceptors (Lipinski definition) is 5. The van der Waals surface area contributed by atoms with E-state index in [0.717, 1.165) is 44.2 Å². The van der Waals surface area contributed by atoms with Crippen molar-refractivity contribution in [1.29, 1.82) is 0 Å². The van der Waals surface area contributed by atoms with Crippen molar-refractivity contribution in [3.05, 3.63) is 54.2 Å². The molecule has 2 heterocycles. The first kappa shape index (κ1) is 20.5. The summed E-state index contributed by atoms with van der Waals surface area (Å²) in [5.74, 6) is 1.85. The molecule has 142 valence electrons. The Balaban J connectivity index is 0.00000243. The maximum atomic E-state index is 10.3. The third kappa shape index (κ3) is 5.87. The molecule has 0 amide bonds. The number of aliphatic hydroxyl groups is 1. The summed E-state index contributed by atoms with van der Waals surface area (Å²) in [6.45, 7) is 6.83. The summed E-state index contributed by atoms with van der Waals surface area (Å²) in [6.07, 6.45) is 2.37. The summed E-state index contributed by atoms with van der Waals surface area (Å²) in [5.41, 5.74) is 1.29. The van der Waals surface area contributed by atoms with Crippen molar-refractivity contribution in [2.24, 2.45) is 0 Å². The molecular formula is C20H28ClN3O2. The Kier molecular flexibility index (Phi) is 8.16. The van der Waals surface area contributed by atoms with Crippen LogP contribution in [0.25, 0.3) is 0 Å². The number of ether oxygens (including phenoxy) is 1. The fourth-order valence-electron chi connectivity index (χ4n) is 3.06. The highest BCUT2D eigenvalue weighted by molar-refractivity contribution is 5.85. The number of aromatic nitrogens is 1. The molecule has 1 fully saturated rings. The van der Waals surface area contributed by atoms with Crippen LogP contribution in [0.3, 0.4) is 0 Å². The van der Waals surface area contributed by atoms with Gasteiger partial charge < -0.3 is 14.7 Å². The lowest BCUT2D eigenvalue weighted by molar-refractivity contribution is 0.0662. The average molecular weight is 378 g/mol. The van der Waals surface area contributed by atoms with Crippen LogP contribution in [0.2, 0.25) is 0 Å². The predicted octanol–water partition coefficient (Wildman–Crippen LogP) is 2.63. The summed E-state index contributed by atoms with van der Waals surface area (Å²) in [5, 5.41) is 10.3. The van der Waals surface area contributed by atoms with Gasteiger partial charge in [-0.2, -0.15) is 0 Å². The molecule has 1 atom stereocenters. The first-order chi connectivity index (χ1) is 12.2. The second-order valence-electron chi connectivity index (χ2n) is 6.44. The van der Waals surface area contributed by atoms with E-state index in [1.54, 1.807) is 0 Å². The third-order valence-corrected chi connectivity index (χ3v) is 4.59. The number of aryl methyl sites for hydroxylation is 1. The minimum atomic E-state index is -0.479. The van der Waals surface area contributed by atoms with Crippen LogP contribution in [0.4, 0.5) is 5.82 Å². The van der Waals surface area contributed by atoms with Crippen molar-refractivity contribution in [2.75, 3.05) is 44.2 Å². The van der Waals surface area contributed by atoms with Gasteiger partial charge in [-0.1, -0.05) is 25.1 Å². The smallest absolute Gasteiger partial charge is 0.128 e. The summed E-state index contributed by atoms with van der Waals surface area (Å²) >= 11 is 0. The molecule has 5 nitrogen and oxygen atoms in total. The zero-order chi connectivity index (χ0) is 17.5. The molecule has 0 aliphatic carbocycles. The number of pyridine rings is 1. The molecule has 1 N–H and O–H groups in total. The van der Waals surface area contributed by atoms with Gasteiger partial charge in [-0.3, -0.25) is 4.90 Å². The topological polar surface area (TPSA) is 48.8 Å². The monoisotopic (exact) mass is 377 g/mol. The number of β-amino-alcohol motifs (C(OH)–C–C–N with tert-alkyl or cyclic N) is 1. The van der Waals surface area contributed by atoms with Crippen molar-refractivity contribution < 1.29 is 9.84 Å². The zero-order valence-corrected chi connectivity index (χ0v) is 16.1. The Labute approximate surface area is 162 Å². The van der Waals surface area contributed by atoms with Crippen LogP contribution in [0.15, 0.2) is 48.7 Å². The predicted molar refractivity (Wildman–Crippen MR) is 107 cm³/mol. The first-order valence-corrected chi connectivity index (χ1v) is 9.02. The molecule has 3 rings (SSSR count). The van der Waals surface area contributed by atoms with Crippen molar-refractivity contribution >= 4 is 18.2 Å². The summed E-state index contributed by atoms with van der Waals surface area (Å²) in [6, 6.07) is 14.1. The largest absolute Gasteiger partial charge is 0.491 e. The molecule has 0 bridgehead atoms. The van der Waals surface area contributed by atoms with Crippen LogP contribution >= 0.6 is 12.4 Å². The fourth-order valence-corrected chi connectivity index (χ4v) is 3.06. The van der Waals surface area contributed by atoms with E-state index in [1.165, 1.54) is 5.56 Å². The number of hydrogen-bond donors (Lipinski definition) is 1. The van der Waals surface area contributed by atoms with E-state index in [-0.39, 0.29) is 12.4 Å². The van der Waals surface area contributed by atoms with E-state index >= 15 is 0 Å². The molecule has 1 saturated heterocycles. The molecule has 6 heteroatoms. The van der Waals surface area contributed by atoms with Crippen LogP contribution in [-0.4, -0.2) is 60.4 Å². The van der Waals surface area contributed by atoms with Crippen LogP contribution in [0.5, 0.6) is 5.75 Å². The number of anilines is 1. The molecule has 1 unspecified atom stereocenters. The zero-order valence-electron chi connectivity index (χ0n) is 15.3. The lowest BCUT2D eigenvalue weighted by Crippen LogP contribution is -2.49. The Bertz CT molecular complexity index is 631. The standard InChI is InChI=1S/C20H27N3O2.ClH/c1-2-17-6-8-19(9-7-17)25-16-18(24)15-22-11-13-23(14-12-22)20-5-3-4-10-21-20;/h3-10,18,24H,2,11-16H2,1H3;1H. The van der Waals surface area contributed by atoms with Crippen molar-refractivity contribution in [1.82, 2.24) is 9.88 Å². The van der Waals surface area contributed by atoms with Crippen LogP contribution in [0, 0.1) is 0 Å². The van der Waals surface area contributed by atoms with Crippen molar-refractivity contribution in [3.8, 4) is 5.75 Å². The molecule has 2 aromatic rings. The van der Waals surface area contributed by atoms with Gasteiger partial charge in [0.1, 0.15) is 24.3 Å². The molecule has 0 saturated carbocycles. The first-order valence-electron chi connectivity index (χ1n) is 9.02. The van der Waals surface area contributed by atoms with Gasteiger partial charge in [0, 0.05) is 38.9 Å². The van der Waals surface area contributed by atoms with E-state index in [1.807, 2.05) is 36.5 Å². The molecule has 1 aromatic heterocycles. The number of benzene rings is 1. The third-order valence-electron chi connectivity index (χ3n) is 4.59. The summed E-state index contributed by atoms with van der Waals surface area (Å²) in [7, 11) is 0. The number of aliphatic hydroxyl groups excluding tert-OH is 1. The molecule has 0 spiro atoms. The molecule has 0 radical (unpaired) electrons. The maximum absolute atomic E-state index is 10.3. The van der Waals surface area contributed by atoms with Crippen LogP contribution < -0.4 is 9.64 Å². The van der Waals surface area contributed by atoms with Crippen LogP contribution in [-0.2, 0) is 6.42 Å². The highest BCUT2D eigenvalue weighted by Crippen LogP contribution is 2.14. The minimum Gasteiger partial charge on any atom is -0.491 e. The van der Waals surface area contributed by atoms with E-state index < -0.39 is 6.10 Å². The van der Waals surface area contributed by atoms with Crippen molar-refractivity contribution in [2.45, 2.75) is 19.4 Å². The Morgan fingerprint density at radius 2 is 1.81 bits per heavy atom. The summed E-state index contributed by atoms with van der Waals surface area (Å²) in [4.78, 5) is 8.97. The minimum absolute atomic E-state index is 0. The van der Waals surface area contributed by atoms with Gasteiger partial charge in [-0.25, -0.2) is 4.98 Å². The second-order valence-corrected chi connectivity index (χ2v) is 6.44. The van der Waals surface area contributed by atoms with Crippen molar-refractivity contribution in [3.63, 3.8) is 0 Å². The fraction of sp³-hybridized carbons (Fsp3) is 0.450. The number of piperazine rings is 1. The van der Waals surface area contributed by atoms with Gasteiger partial charge in [-0.15, -0.1) is 12.4 Å². The van der Waals surface area contributed by atoms with Gasteiger partial charge >= 0.3 is 0 Å². The van der Waals surface area contributed by atoms with Gasteiger partial charge in [0.05, 0.1) is 0 Å². The summed E-state index contributed by atoms with van der Waals surface area (Å²) < 4.78 is 5.70. The van der Waals surface area contributed by atoms with Gasteiger partial charge in [0.15, 0.2) is 0 Å².